The van der Waals surface area contributed by atoms with Gasteiger partial charge in [0.25, 0.3) is 6.43 Å². The molecule has 0 bridgehead atoms. The van der Waals surface area contributed by atoms with Crippen molar-refractivity contribution < 1.29 is 18.7 Å². The predicted molar refractivity (Wildman–Crippen MR) is 58.2 cm³/mol. The summed E-state index contributed by atoms with van der Waals surface area (Å²) in [6, 6.07) is 4.57. The molecule has 0 atom stereocenters. The molecule has 0 saturated heterocycles. The summed E-state index contributed by atoms with van der Waals surface area (Å²) in [6.45, 7) is -0.743. The summed E-state index contributed by atoms with van der Waals surface area (Å²) in [4.78, 5) is 0. The van der Waals surface area contributed by atoms with Crippen molar-refractivity contribution in [1.82, 2.24) is 0 Å². The summed E-state index contributed by atoms with van der Waals surface area (Å²) in [5.41, 5.74) is 5.63. The Morgan fingerprint density at radius 1 is 1.56 bits per heavy atom. The van der Waals surface area contributed by atoms with Gasteiger partial charge < -0.3 is 15.7 Å². The van der Waals surface area contributed by atoms with Gasteiger partial charge in [0.15, 0.2) is 5.84 Å². The Morgan fingerprint density at radius 2 is 2.25 bits per heavy atom. The minimum absolute atomic E-state index is 0.138. The number of halogens is 3. The number of nitrogens with two attached hydrogens (primary N) is 1. The van der Waals surface area contributed by atoms with Gasteiger partial charge in [0.05, 0.1) is 5.56 Å². The number of alkyl halides is 2. The van der Waals surface area contributed by atoms with Gasteiger partial charge in [0.1, 0.15) is 12.4 Å². The van der Waals surface area contributed by atoms with Crippen LogP contribution in [-0.2, 0) is 0 Å². The van der Waals surface area contributed by atoms with E-state index in [0.717, 1.165) is 0 Å². The molecule has 0 radical (unpaired) electrons. The molecular formula is C9H9BrF2N2O2. The Hall–Kier alpha value is -1.37. The maximum absolute atomic E-state index is 12.0. The zero-order chi connectivity index (χ0) is 12.1. The van der Waals surface area contributed by atoms with Crippen LogP contribution >= 0.6 is 15.9 Å². The zero-order valence-electron chi connectivity index (χ0n) is 8.03. The molecule has 0 heterocycles. The molecule has 0 amide bonds. The lowest BCUT2D eigenvalue weighted by Gasteiger charge is -2.10. The topological polar surface area (TPSA) is 67.8 Å². The van der Waals surface area contributed by atoms with E-state index in [4.69, 9.17) is 15.7 Å². The minimum atomic E-state index is -2.58. The fraction of sp³-hybridized carbons (Fsp3) is 0.222. The molecule has 0 aliphatic carbocycles. The van der Waals surface area contributed by atoms with Crippen LogP contribution in [0.4, 0.5) is 8.78 Å². The highest BCUT2D eigenvalue weighted by molar-refractivity contribution is 9.10. The van der Waals surface area contributed by atoms with Crippen molar-refractivity contribution in [2.75, 3.05) is 6.61 Å². The number of hydrogen-bond acceptors (Lipinski definition) is 3. The molecular weight excluding hydrogens is 286 g/mol. The standard InChI is InChI=1S/C9H9BrF2N2O2/c10-5-1-2-7(16-4-8(11)12)6(3-5)9(13)14-15/h1-3,8,15H,4H2,(H2,13,14). The van der Waals surface area contributed by atoms with Crippen LogP contribution in [0.15, 0.2) is 27.8 Å². The fourth-order valence-electron chi connectivity index (χ4n) is 1.03. The quantitative estimate of drug-likeness (QED) is 0.387. The molecule has 3 N–H and O–H groups in total. The summed E-state index contributed by atoms with van der Waals surface area (Å²) in [5.74, 6) is -0.0654. The van der Waals surface area contributed by atoms with Gasteiger partial charge in [-0.25, -0.2) is 8.78 Å². The van der Waals surface area contributed by atoms with Gasteiger partial charge in [0.2, 0.25) is 0 Å². The van der Waals surface area contributed by atoms with Crippen molar-refractivity contribution in [2.24, 2.45) is 10.9 Å². The van der Waals surface area contributed by atoms with E-state index in [9.17, 15) is 8.78 Å². The molecule has 1 aromatic carbocycles. The Bertz CT molecular complexity index is 399. The van der Waals surface area contributed by atoms with Gasteiger partial charge in [-0.2, -0.15) is 0 Å². The van der Waals surface area contributed by atoms with Gasteiger partial charge in [-0.3, -0.25) is 0 Å². The molecule has 1 aromatic rings. The highest BCUT2D eigenvalue weighted by Gasteiger charge is 2.11. The lowest BCUT2D eigenvalue weighted by atomic mass is 10.2. The van der Waals surface area contributed by atoms with Crippen LogP contribution in [0.1, 0.15) is 5.56 Å². The Morgan fingerprint density at radius 3 is 2.81 bits per heavy atom. The van der Waals surface area contributed by atoms with Crippen LogP contribution in [0.5, 0.6) is 5.75 Å². The maximum atomic E-state index is 12.0. The van der Waals surface area contributed by atoms with Crippen molar-refractivity contribution in [3.63, 3.8) is 0 Å². The summed E-state index contributed by atoms with van der Waals surface area (Å²) < 4.78 is 29.4. The zero-order valence-corrected chi connectivity index (χ0v) is 9.62. The van der Waals surface area contributed by atoms with Crippen LogP contribution in [0.2, 0.25) is 0 Å². The first-order chi connectivity index (χ1) is 7.54. The Labute approximate surface area is 98.8 Å². The second-order valence-corrected chi connectivity index (χ2v) is 3.74. The van der Waals surface area contributed by atoms with Crippen molar-refractivity contribution >= 4 is 21.8 Å². The monoisotopic (exact) mass is 294 g/mol. The molecule has 7 heteroatoms. The first kappa shape index (κ1) is 12.7. The van der Waals surface area contributed by atoms with Crippen LogP contribution in [0.25, 0.3) is 0 Å². The van der Waals surface area contributed by atoms with Gasteiger partial charge in [-0.05, 0) is 18.2 Å². The predicted octanol–water partition coefficient (Wildman–Crippen LogP) is 2.19. The van der Waals surface area contributed by atoms with E-state index in [1.165, 1.54) is 12.1 Å². The summed E-state index contributed by atoms with van der Waals surface area (Å²) >= 11 is 3.18. The molecule has 0 aromatic heterocycles. The highest BCUT2D eigenvalue weighted by atomic mass is 79.9. The van der Waals surface area contributed by atoms with E-state index in [-0.39, 0.29) is 17.1 Å². The van der Waals surface area contributed by atoms with Crippen molar-refractivity contribution in [2.45, 2.75) is 6.43 Å². The number of benzene rings is 1. The molecule has 0 aliphatic rings. The third-order valence-electron chi connectivity index (χ3n) is 1.69. The van der Waals surface area contributed by atoms with E-state index in [0.29, 0.717) is 4.47 Å². The average molecular weight is 295 g/mol. The van der Waals surface area contributed by atoms with E-state index >= 15 is 0 Å². The lowest BCUT2D eigenvalue weighted by molar-refractivity contribution is 0.0818. The molecule has 1 rings (SSSR count). The van der Waals surface area contributed by atoms with E-state index in [1.807, 2.05) is 0 Å². The van der Waals surface area contributed by atoms with Gasteiger partial charge in [0, 0.05) is 4.47 Å². The number of nitrogens with zero attached hydrogens (tertiary/aromatic N) is 1. The van der Waals surface area contributed by atoms with Crippen LogP contribution in [-0.4, -0.2) is 24.1 Å². The third-order valence-corrected chi connectivity index (χ3v) is 2.18. The van der Waals surface area contributed by atoms with Gasteiger partial charge in [-0.15, -0.1) is 0 Å². The summed E-state index contributed by atoms with van der Waals surface area (Å²) in [5, 5.41) is 11.3. The van der Waals surface area contributed by atoms with Crippen molar-refractivity contribution in [3.8, 4) is 5.75 Å². The molecule has 0 aliphatic heterocycles. The average Bonchev–Trinajstić information content (AvgIpc) is 2.26. The molecule has 88 valence electrons. The number of oxime groups is 1. The van der Waals surface area contributed by atoms with E-state index in [1.54, 1.807) is 6.07 Å². The molecule has 0 saturated carbocycles. The third kappa shape index (κ3) is 3.34. The number of rotatable bonds is 4. The molecule has 0 fully saturated rings. The van der Waals surface area contributed by atoms with E-state index in [2.05, 4.69) is 21.1 Å². The first-order valence-corrected chi connectivity index (χ1v) is 5.02. The second kappa shape index (κ2) is 5.64. The van der Waals surface area contributed by atoms with Crippen molar-refractivity contribution in [3.05, 3.63) is 28.2 Å². The smallest absolute Gasteiger partial charge is 0.272 e. The second-order valence-electron chi connectivity index (χ2n) is 2.83. The Balaban J connectivity index is 2.98. The molecule has 0 unspecified atom stereocenters. The fourth-order valence-corrected chi connectivity index (χ4v) is 1.40. The van der Waals surface area contributed by atoms with Gasteiger partial charge in [-0.1, -0.05) is 21.1 Å². The maximum Gasteiger partial charge on any atom is 0.272 e. The molecule has 0 spiro atoms. The summed E-state index contributed by atoms with van der Waals surface area (Å²) in [6.07, 6.45) is -2.58. The largest absolute Gasteiger partial charge is 0.487 e. The lowest BCUT2D eigenvalue weighted by Crippen LogP contribution is -2.16. The van der Waals surface area contributed by atoms with E-state index < -0.39 is 13.0 Å². The summed E-state index contributed by atoms with van der Waals surface area (Å²) in [7, 11) is 0. The molecule has 4 nitrogen and oxygen atoms in total. The number of amidine groups is 1. The SMILES string of the molecule is N/C(=N/O)c1cc(Br)ccc1OCC(F)F. The van der Waals surface area contributed by atoms with Crippen LogP contribution in [0, 0.1) is 0 Å². The highest BCUT2D eigenvalue weighted by Crippen LogP contribution is 2.23. The molecule has 16 heavy (non-hydrogen) atoms. The van der Waals surface area contributed by atoms with Crippen LogP contribution in [0.3, 0.4) is 0 Å². The first-order valence-electron chi connectivity index (χ1n) is 4.23. The Kier molecular flexibility index (Phi) is 4.48. The number of ether oxygens (including phenoxy) is 1. The normalized spacial score (nSPS) is 11.9. The minimum Gasteiger partial charge on any atom is -0.487 e. The number of hydrogen-bond donors (Lipinski definition) is 2. The van der Waals surface area contributed by atoms with Crippen molar-refractivity contribution in [1.29, 1.82) is 0 Å². The van der Waals surface area contributed by atoms with Gasteiger partial charge >= 0.3 is 0 Å². The van der Waals surface area contributed by atoms with Crippen LogP contribution < -0.4 is 10.5 Å².